The monoisotopic (exact) mass is 179 g/mol. The second-order valence-corrected chi connectivity index (χ2v) is 3.83. The van der Waals surface area contributed by atoms with Crippen LogP contribution < -0.4 is 5.73 Å². The van der Waals surface area contributed by atoms with Crippen LogP contribution in [0.4, 0.5) is 4.39 Å². The van der Waals surface area contributed by atoms with Crippen LogP contribution in [0.25, 0.3) is 0 Å². The van der Waals surface area contributed by atoms with E-state index in [1.54, 1.807) is 0 Å². The highest BCUT2D eigenvalue weighted by atomic mass is 19.1. The fraction of sp³-hybridized carbons (Fsp3) is 0.455. The third kappa shape index (κ3) is 2.28. The molecule has 1 fully saturated rings. The van der Waals surface area contributed by atoms with Gasteiger partial charge in [-0.2, -0.15) is 0 Å². The predicted octanol–water partition coefficient (Wildman–Crippen LogP) is 2.11. The van der Waals surface area contributed by atoms with Crippen LogP contribution >= 0.6 is 0 Å². The Morgan fingerprint density at radius 3 is 2.46 bits per heavy atom. The van der Waals surface area contributed by atoms with Gasteiger partial charge in [0.2, 0.25) is 0 Å². The first-order chi connectivity index (χ1) is 6.25. The highest BCUT2D eigenvalue weighted by Crippen LogP contribution is 2.32. The summed E-state index contributed by atoms with van der Waals surface area (Å²) in [6, 6.07) is 6.89. The van der Waals surface area contributed by atoms with Crippen LogP contribution in [0, 0.1) is 11.7 Å². The second-order valence-electron chi connectivity index (χ2n) is 3.83. The van der Waals surface area contributed by atoms with Gasteiger partial charge in [0.25, 0.3) is 0 Å². The van der Waals surface area contributed by atoms with E-state index in [9.17, 15) is 4.39 Å². The van der Waals surface area contributed by atoms with Gasteiger partial charge in [0.1, 0.15) is 5.82 Å². The number of hydrogen-bond acceptors (Lipinski definition) is 1. The third-order valence-corrected chi connectivity index (χ3v) is 2.61. The van der Waals surface area contributed by atoms with Crippen molar-refractivity contribution in [2.75, 3.05) is 0 Å². The largest absolute Gasteiger partial charge is 0.327 e. The highest BCUT2D eigenvalue weighted by Gasteiger charge is 2.28. The van der Waals surface area contributed by atoms with E-state index in [-0.39, 0.29) is 11.9 Å². The van der Waals surface area contributed by atoms with Gasteiger partial charge in [0.05, 0.1) is 0 Å². The topological polar surface area (TPSA) is 26.0 Å². The van der Waals surface area contributed by atoms with Crippen molar-refractivity contribution < 1.29 is 4.39 Å². The van der Waals surface area contributed by atoms with Crippen LogP contribution in [0.3, 0.4) is 0 Å². The van der Waals surface area contributed by atoms with Crippen LogP contribution in [0.5, 0.6) is 0 Å². The van der Waals surface area contributed by atoms with E-state index in [0.717, 1.165) is 12.0 Å². The molecule has 1 nitrogen and oxygen atoms in total. The number of rotatable bonds is 3. The van der Waals surface area contributed by atoms with Crippen molar-refractivity contribution in [1.82, 2.24) is 0 Å². The summed E-state index contributed by atoms with van der Waals surface area (Å²) in [6.07, 6.45) is 3.41. The van der Waals surface area contributed by atoms with Crippen molar-refractivity contribution >= 4 is 0 Å². The molecule has 13 heavy (non-hydrogen) atoms. The Bertz CT molecular complexity index is 277. The molecule has 0 bridgehead atoms. The summed E-state index contributed by atoms with van der Waals surface area (Å²) in [5.41, 5.74) is 7.09. The minimum Gasteiger partial charge on any atom is -0.327 e. The summed E-state index contributed by atoms with van der Waals surface area (Å²) in [5, 5.41) is 0. The van der Waals surface area contributed by atoms with Gasteiger partial charge in [-0.15, -0.1) is 0 Å². The standard InChI is InChI=1S/C11H14FN/c12-10-5-1-8(2-6-10)7-11(13)9-3-4-9/h1-2,5-6,9,11H,3-4,7,13H2. The Hall–Kier alpha value is -0.890. The van der Waals surface area contributed by atoms with E-state index in [1.807, 2.05) is 12.1 Å². The average molecular weight is 179 g/mol. The summed E-state index contributed by atoms with van der Waals surface area (Å²) in [4.78, 5) is 0. The molecule has 0 heterocycles. The Kier molecular flexibility index (Phi) is 2.32. The first-order valence-electron chi connectivity index (χ1n) is 4.76. The lowest BCUT2D eigenvalue weighted by Gasteiger charge is -2.09. The fourth-order valence-electron chi connectivity index (χ4n) is 1.58. The van der Waals surface area contributed by atoms with Crippen LogP contribution in [0.15, 0.2) is 24.3 Å². The molecule has 0 spiro atoms. The van der Waals surface area contributed by atoms with Crippen LogP contribution in [-0.2, 0) is 6.42 Å². The third-order valence-electron chi connectivity index (χ3n) is 2.61. The summed E-state index contributed by atoms with van der Waals surface area (Å²) in [7, 11) is 0. The van der Waals surface area contributed by atoms with Crippen LogP contribution in [-0.4, -0.2) is 6.04 Å². The SMILES string of the molecule is NC(Cc1ccc(F)cc1)C1CC1. The zero-order valence-corrected chi connectivity index (χ0v) is 7.54. The smallest absolute Gasteiger partial charge is 0.123 e. The van der Waals surface area contributed by atoms with E-state index in [0.29, 0.717) is 5.92 Å². The van der Waals surface area contributed by atoms with E-state index in [4.69, 9.17) is 5.73 Å². The van der Waals surface area contributed by atoms with Gasteiger partial charge in [-0.25, -0.2) is 4.39 Å². The molecule has 2 heteroatoms. The van der Waals surface area contributed by atoms with Crippen molar-refractivity contribution in [2.24, 2.45) is 11.7 Å². The zero-order valence-electron chi connectivity index (χ0n) is 7.54. The van der Waals surface area contributed by atoms with E-state index in [2.05, 4.69) is 0 Å². The summed E-state index contributed by atoms with van der Waals surface area (Å²) >= 11 is 0. The molecule has 1 unspecified atom stereocenters. The second kappa shape index (κ2) is 3.46. The summed E-state index contributed by atoms with van der Waals surface area (Å²) < 4.78 is 12.6. The molecule has 1 aromatic carbocycles. The van der Waals surface area contributed by atoms with Crippen molar-refractivity contribution in [1.29, 1.82) is 0 Å². The molecule has 1 atom stereocenters. The van der Waals surface area contributed by atoms with Crippen LogP contribution in [0.1, 0.15) is 18.4 Å². The quantitative estimate of drug-likeness (QED) is 0.755. The molecule has 2 N–H and O–H groups in total. The zero-order chi connectivity index (χ0) is 9.26. The molecule has 0 saturated heterocycles. The minimum absolute atomic E-state index is 0.177. The molecule has 1 aliphatic carbocycles. The van der Waals surface area contributed by atoms with E-state index in [1.165, 1.54) is 25.0 Å². The Morgan fingerprint density at radius 2 is 1.92 bits per heavy atom. The molecule has 0 amide bonds. The lowest BCUT2D eigenvalue weighted by Crippen LogP contribution is -2.24. The first kappa shape index (κ1) is 8.70. The number of nitrogens with two attached hydrogens (primary N) is 1. The van der Waals surface area contributed by atoms with Gasteiger partial charge in [-0.1, -0.05) is 12.1 Å². The summed E-state index contributed by atoms with van der Waals surface area (Å²) in [6.45, 7) is 0. The minimum atomic E-state index is -0.177. The molecule has 2 rings (SSSR count). The lowest BCUT2D eigenvalue weighted by molar-refractivity contribution is 0.588. The molecule has 1 aromatic rings. The van der Waals surface area contributed by atoms with Crippen molar-refractivity contribution in [3.63, 3.8) is 0 Å². The molecular formula is C11H14FN. The Balaban J connectivity index is 1.96. The van der Waals surface area contributed by atoms with E-state index >= 15 is 0 Å². The number of hydrogen-bond donors (Lipinski definition) is 1. The molecule has 0 radical (unpaired) electrons. The van der Waals surface area contributed by atoms with Gasteiger partial charge >= 0.3 is 0 Å². The number of halogens is 1. The molecule has 0 aromatic heterocycles. The highest BCUT2D eigenvalue weighted by molar-refractivity contribution is 5.17. The van der Waals surface area contributed by atoms with Crippen molar-refractivity contribution in [2.45, 2.75) is 25.3 Å². The molecule has 70 valence electrons. The van der Waals surface area contributed by atoms with Crippen LogP contribution in [0.2, 0.25) is 0 Å². The Morgan fingerprint density at radius 1 is 1.31 bits per heavy atom. The maximum absolute atomic E-state index is 12.6. The molecule has 0 aliphatic heterocycles. The fourth-order valence-corrected chi connectivity index (χ4v) is 1.58. The lowest BCUT2D eigenvalue weighted by atomic mass is 10.0. The van der Waals surface area contributed by atoms with Crippen molar-refractivity contribution in [3.8, 4) is 0 Å². The van der Waals surface area contributed by atoms with Gasteiger partial charge < -0.3 is 5.73 Å². The maximum atomic E-state index is 12.6. The maximum Gasteiger partial charge on any atom is 0.123 e. The molecular weight excluding hydrogens is 165 g/mol. The van der Waals surface area contributed by atoms with Gasteiger partial charge in [-0.3, -0.25) is 0 Å². The normalized spacial score (nSPS) is 18.6. The van der Waals surface area contributed by atoms with Gasteiger partial charge in [-0.05, 0) is 42.9 Å². The van der Waals surface area contributed by atoms with Gasteiger partial charge in [0, 0.05) is 6.04 Å². The van der Waals surface area contributed by atoms with Gasteiger partial charge in [0.15, 0.2) is 0 Å². The summed E-state index contributed by atoms with van der Waals surface area (Å²) in [5.74, 6) is 0.536. The Labute approximate surface area is 77.8 Å². The van der Waals surface area contributed by atoms with E-state index < -0.39 is 0 Å². The van der Waals surface area contributed by atoms with Crippen molar-refractivity contribution in [3.05, 3.63) is 35.6 Å². The first-order valence-corrected chi connectivity index (χ1v) is 4.76. The molecule has 1 aliphatic rings. The average Bonchev–Trinajstić information content (AvgIpc) is 2.91. The predicted molar refractivity (Wildman–Crippen MR) is 50.8 cm³/mol. The molecule has 1 saturated carbocycles. The number of benzene rings is 1.